The van der Waals surface area contributed by atoms with Gasteiger partial charge in [-0.05, 0) is 38.0 Å². The van der Waals surface area contributed by atoms with E-state index in [0.29, 0.717) is 13.0 Å². The molecule has 1 fully saturated rings. The highest BCUT2D eigenvalue weighted by molar-refractivity contribution is 7.90. The van der Waals surface area contributed by atoms with Gasteiger partial charge in [-0.1, -0.05) is 13.8 Å². The summed E-state index contributed by atoms with van der Waals surface area (Å²) in [7, 11) is -2.88. The molecule has 1 heterocycles. The van der Waals surface area contributed by atoms with E-state index in [1.54, 1.807) is 0 Å². The Balaban J connectivity index is 2.49. The lowest BCUT2D eigenvalue weighted by molar-refractivity contribution is 0.403. The molecule has 1 rings (SSSR count). The molecule has 1 aliphatic heterocycles. The molecule has 0 radical (unpaired) electrons. The standard InChI is InChI=1S/C15H31N3O2S/c1-5-16-15(17-8-6-10-21(4,19)20)18-9-7-14(12-18)11-13(2)3/h13-14H,5-12H2,1-4H3,(H,16,17). The van der Waals surface area contributed by atoms with E-state index in [4.69, 9.17) is 0 Å². The summed E-state index contributed by atoms with van der Waals surface area (Å²) in [5.74, 6) is 2.65. The van der Waals surface area contributed by atoms with E-state index < -0.39 is 9.84 Å². The zero-order valence-corrected chi connectivity index (χ0v) is 14.7. The molecule has 1 atom stereocenters. The summed E-state index contributed by atoms with van der Waals surface area (Å²) in [6.45, 7) is 10.1. The van der Waals surface area contributed by atoms with Gasteiger partial charge in [0.15, 0.2) is 5.96 Å². The Bertz CT molecular complexity index is 432. The summed E-state index contributed by atoms with van der Waals surface area (Å²) in [5, 5.41) is 3.32. The minimum absolute atomic E-state index is 0.214. The first-order chi connectivity index (χ1) is 9.81. The van der Waals surface area contributed by atoms with E-state index in [1.807, 2.05) is 0 Å². The number of aliphatic imine (C=N–C) groups is 1. The molecule has 0 aromatic carbocycles. The van der Waals surface area contributed by atoms with Crippen molar-refractivity contribution >= 4 is 15.8 Å². The first-order valence-corrected chi connectivity index (χ1v) is 10.1. The maximum absolute atomic E-state index is 11.1. The van der Waals surface area contributed by atoms with Crippen LogP contribution in [0.3, 0.4) is 0 Å². The zero-order chi connectivity index (χ0) is 15.9. The second-order valence-electron chi connectivity index (χ2n) is 6.45. The fourth-order valence-electron chi connectivity index (χ4n) is 2.82. The minimum Gasteiger partial charge on any atom is -0.357 e. The molecule has 6 heteroatoms. The molecule has 124 valence electrons. The van der Waals surface area contributed by atoms with Gasteiger partial charge in [0.25, 0.3) is 0 Å². The number of sulfone groups is 1. The third kappa shape index (κ3) is 7.69. The Labute approximate surface area is 130 Å². The normalized spacial score (nSPS) is 20.3. The van der Waals surface area contributed by atoms with E-state index in [2.05, 4.69) is 36.0 Å². The van der Waals surface area contributed by atoms with Gasteiger partial charge in [-0.25, -0.2) is 8.42 Å². The maximum Gasteiger partial charge on any atom is 0.193 e. The van der Waals surface area contributed by atoms with Gasteiger partial charge >= 0.3 is 0 Å². The highest BCUT2D eigenvalue weighted by Gasteiger charge is 2.25. The van der Waals surface area contributed by atoms with Crippen molar-refractivity contribution in [2.45, 2.75) is 40.0 Å². The smallest absolute Gasteiger partial charge is 0.193 e. The van der Waals surface area contributed by atoms with E-state index in [0.717, 1.165) is 37.4 Å². The monoisotopic (exact) mass is 317 g/mol. The molecular formula is C15H31N3O2S. The summed E-state index contributed by atoms with van der Waals surface area (Å²) in [5.41, 5.74) is 0. The van der Waals surface area contributed by atoms with Crippen molar-refractivity contribution in [2.75, 3.05) is 38.2 Å². The topological polar surface area (TPSA) is 61.8 Å². The zero-order valence-electron chi connectivity index (χ0n) is 13.9. The summed E-state index contributed by atoms with van der Waals surface area (Å²) in [4.78, 5) is 6.90. The van der Waals surface area contributed by atoms with Crippen LogP contribution >= 0.6 is 0 Å². The van der Waals surface area contributed by atoms with Crippen molar-refractivity contribution in [1.29, 1.82) is 0 Å². The molecule has 0 amide bonds. The summed E-state index contributed by atoms with van der Waals surface area (Å²) >= 11 is 0. The average Bonchev–Trinajstić information content (AvgIpc) is 2.79. The Kier molecular flexibility index (Phi) is 7.49. The Morgan fingerprint density at radius 1 is 1.43 bits per heavy atom. The van der Waals surface area contributed by atoms with Crippen LogP contribution in [0.15, 0.2) is 4.99 Å². The lowest BCUT2D eigenvalue weighted by atomic mass is 9.97. The second-order valence-corrected chi connectivity index (χ2v) is 8.71. The first kappa shape index (κ1) is 18.3. The van der Waals surface area contributed by atoms with Crippen LogP contribution in [0.1, 0.15) is 40.0 Å². The van der Waals surface area contributed by atoms with Gasteiger partial charge in [-0.3, -0.25) is 4.99 Å². The molecule has 0 aromatic rings. The van der Waals surface area contributed by atoms with Crippen LogP contribution in [0, 0.1) is 11.8 Å². The molecule has 0 aliphatic carbocycles. The highest BCUT2D eigenvalue weighted by atomic mass is 32.2. The van der Waals surface area contributed by atoms with E-state index in [1.165, 1.54) is 19.1 Å². The van der Waals surface area contributed by atoms with Crippen LogP contribution in [-0.4, -0.2) is 57.5 Å². The van der Waals surface area contributed by atoms with Crippen molar-refractivity contribution < 1.29 is 8.42 Å². The largest absolute Gasteiger partial charge is 0.357 e. The van der Waals surface area contributed by atoms with Crippen LogP contribution in [0.5, 0.6) is 0 Å². The van der Waals surface area contributed by atoms with Crippen molar-refractivity contribution in [3.63, 3.8) is 0 Å². The third-order valence-corrected chi connectivity index (χ3v) is 4.69. The van der Waals surface area contributed by atoms with Gasteiger partial charge in [-0.2, -0.15) is 0 Å². The fraction of sp³-hybridized carbons (Fsp3) is 0.933. The molecule has 5 nitrogen and oxygen atoms in total. The number of nitrogens with one attached hydrogen (secondary N) is 1. The lowest BCUT2D eigenvalue weighted by Crippen LogP contribution is -2.40. The first-order valence-electron chi connectivity index (χ1n) is 8.02. The quantitative estimate of drug-likeness (QED) is 0.441. The highest BCUT2D eigenvalue weighted by Crippen LogP contribution is 2.23. The Morgan fingerprint density at radius 2 is 2.14 bits per heavy atom. The van der Waals surface area contributed by atoms with Gasteiger partial charge < -0.3 is 10.2 Å². The van der Waals surface area contributed by atoms with Crippen LogP contribution in [-0.2, 0) is 9.84 Å². The maximum atomic E-state index is 11.1. The lowest BCUT2D eigenvalue weighted by Gasteiger charge is -2.22. The number of nitrogens with zero attached hydrogens (tertiary/aromatic N) is 2. The van der Waals surface area contributed by atoms with Crippen LogP contribution in [0.2, 0.25) is 0 Å². The van der Waals surface area contributed by atoms with E-state index in [9.17, 15) is 8.42 Å². The predicted molar refractivity (Wildman–Crippen MR) is 89.4 cm³/mol. The van der Waals surface area contributed by atoms with Crippen molar-refractivity contribution in [3.8, 4) is 0 Å². The van der Waals surface area contributed by atoms with Crippen molar-refractivity contribution in [3.05, 3.63) is 0 Å². The Hall–Kier alpha value is -0.780. The average molecular weight is 317 g/mol. The van der Waals surface area contributed by atoms with Crippen LogP contribution in [0.25, 0.3) is 0 Å². The molecule has 1 unspecified atom stereocenters. The molecular weight excluding hydrogens is 286 g/mol. The number of hydrogen-bond donors (Lipinski definition) is 1. The van der Waals surface area contributed by atoms with Gasteiger partial charge in [0.05, 0.1) is 5.75 Å². The van der Waals surface area contributed by atoms with Crippen LogP contribution in [0.4, 0.5) is 0 Å². The molecule has 1 N–H and O–H groups in total. The number of rotatable bonds is 7. The van der Waals surface area contributed by atoms with Gasteiger partial charge in [0.2, 0.25) is 0 Å². The van der Waals surface area contributed by atoms with Gasteiger partial charge in [0, 0.05) is 32.4 Å². The molecule has 0 bridgehead atoms. The second kappa shape index (κ2) is 8.61. The summed E-state index contributed by atoms with van der Waals surface area (Å²) in [6, 6.07) is 0. The SMILES string of the molecule is CCNC(=NCCCS(C)(=O)=O)N1CCC(CC(C)C)C1. The van der Waals surface area contributed by atoms with Gasteiger partial charge in [0.1, 0.15) is 9.84 Å². The molecule has 1 aliphatic rings. The molecule has 0 spiro atoms. The number of guanidine groups is 1. The Morgan fingerprint density at radius 3 is 2.71 bits per heavy atom. The third-order valence-electron chi connectivity index (χ3n) is 3.66. The van der Waals surface area contributed by atoms with Crippen molar-refractivity contribution in [1.82, 2.24) is 10.2 Å². The summed E-state index contributed by atoms with van der Waals surface area (Å²) < 4.78 is 22.3. The van der Waals surface area contributed by atoms with Crippen molar-refractivity contribution in [2.24, 2.45) is 16.8 Å². The predicted octanol–water partition coefficient (Wildman–Crippen LogP) is 1.75. The van der Waals surface area contributed by atoms with E-state index in [-0.39, 0.29) is 5.75 Å². The minimum atomic E-state index is -2.88. The molecule has 0 saturated carbocycles. The molecule has 0 aromatic heterocycles. The number of likely N-dealkylation sites (tertiary alicyclic amines) is 1. The number of hydrogen-bond acceptors (Lipinski definition) is 3. The fourth-order valence-corrected chi connectivity index (χ4v) is 3.48. The van der Waals surface area contributed by atoms with Gasteiger partial charge in [-0.15, -0.1) is 0 Å². The van der Waals surface area contributed by atoms with Crippen LogP contribution < -0.4 is 5.32 Å². The summed E-state index contributed by atoms with van der Waals surface area (Å²) in [6.07, 6.45) is 4.37. The molecule has 1 saturated heterocycles. The molecule has 21 heavy (non-hydrogen) atoms. The van der Waals surface area contributed by atoms with E-state index >= 15 is 0 Å².